The molecule has 0 bridgehead atoms. The molecule has 0 saturated carbocycles. The third-order valence-corrected chi connectivity index (χ3v) is 9.00. The van der Waals surface area contributed by atoms with E-state index in [1.54, 1.807) is 0 Å². The highest BCUT2D eigenvalue weighted by molar-refractivity contribution is 7.25. The zero-order chi connectivity index (χ0) is 26.5. The highest BCUT2D eigenvalue weighted by atomic mass is 32.1. The van der Waals surface area contributed by atoms with Crippen LogP contribution in [0.4, 0.5) is 0 Å². The van der Waals surface area contributed by atoms with Gasteiger partial charge in [-0.2, -0.15) is 0 Å². The van der Waals surface area contributed by atoms with Crippen molar-refractivity contribution in [1.29, 1.82) is 0 Å². The molecule has 0 aliphatic heterocycles. The predicted octanol–water partition coefficient (Wildman–Crippen LogP) is 11.0. The monoisotopic (exact) mass is 527 g/mol. The smallest absolute Gasteiger partial charge is 0.0535 e. The largest absolute Gasteiger partial charge is 0.316 e. The Morgan fingerprint density at radius 1 is 0.400 bits per heavy atom. The molecule has 8 rings (SSSR count). The summed E-state index contributed by atoms with van der Waals surface area (Å²) in [7, 11) is 0. The number of rotatable bonds is 4. The van der Waals surface area contributed by atoms with Crippen LogP contribution in [0.5, 0.6) is 0 Å². The normalized spacial score (nSPS) is 11.5. The number of fused-ring (bicyclic) bond motifs is 4. The molecular formula is C38H25NS. The first-order chi connectivity index (χ1) is 19.8. The van der Waals surface area contributed by atoms with E-state index in [4.69, 9.17) is 0 Å². The Hall–Kier alpha value is -4.92. The summed E-state index contributed by atoms with van der Waals surface area (Å²) in [5.41, 5.74) is 9.77. The van der Waals surface area contributed by atoms with E-state index in [1.165, 1.54) is 64.5 Å². The molecule has 188 valence electrons. The van der Waals surface area contributed by atoms with E-state index in [-0.39, 0.29) is 0 Å². The van der Waals surface area contributed by atoms with Crippen LogP contribution in [-0.2, 0) is 0 Å². The van der Waals surface area contributed by atoms with Gasteiger partial charge < -0.3 is 4.57 Å². The molecule has 2 heteroatoms. The van der Waals surface area contributed by atoms with Gasteiger partial charge in [0.05, 0.1) is 5.52 Å². The molecule has 0 unspecified atom stereocenters. The number of thiophene rings is 1. The van der Waals surface area contributed by atoms with E-state index >= 15 is 0 Å². The maximum absolute atomic E-state index is 2.34. The second-order valence-electron chi connectivity index (χ2n) is 10.2. The summed E-state index contributed by atoms with van der Waals surface area (Å²) in [6, 6.07) is 52.6. The molecule has 1 nitrogen and oxygen atoms in total. The molecule has 8 aromatic rings. The Bertz CT molecular complexity index is 2130. The summed E-state index contributed by atoms with van der Waals surface area (Å²) in [5.74, 6) is 0. The van der Waals surface area contributed by atoms with E-state index in [0.717, 1.165) is 5.69 Å². The number of aromatic nitrogens is 1. The molecular weight excluding hydrogens is 502 g/mol. The average Bonchev–Trinajstić information content (AvgIpc) is 3.60. The third kappa shape index (κ3) is 3.85. The molecule has 0 atom stereocenters. The molecule has 2 aromatic heterocycles. The predicted molar refractivity (Wildman–Crippen MR) is 172 cm³/mol. The number of nitrogens with zero attached hydrogens (tertiary/aromatic N) is 1. The van der Waals surface area contributed by atoms with E-state index in [0.29, 0.717) is 0 Å². The van der Waals surface area contributed by atoms with Gasteiger partial charge in [0.15, 0.2) is 0 Å². The summed E-state index contributed by atoms with van der Waals surface area (Å²) in [6.07, 6.45) is 2.29. The summed E-state index contributed by atoms with van der Waals surface area (Å²) in [4.78, 5) is 0. The molecule has 0 fully saturated rings. The van der Waals surface area contributed by atoms with Crippen molar-refractivity contribution in [3.8, 4) is 39.1 Å². The minimum absolute atomic E-state index is 1.16. The molecule has 0 saturated heterocycles. The van der Waals surface area contributed by atoms with Crippen molar-refractivity contribution >= 4 is 42.4 Å². The van der Waals surface area contributed by atoms with Crippen molar-refractivity contribution in [2.45, 2.75) is 0 Å². The lowest BCUT2D eigenvalue weighted by molar-refractivity contribution is 1.13. The van der Waals surface area contributed by atoms with Crippen molar-refractivity contribution in [2.75, 3.05) is 0 Å². The first-order valence-electron chi connectivity index (χ1n) is 13.6. The molecule has 0 spiro atoms. The Balaban J connectivity index is 1.23. The van der Waals surface area contributed by atoms with Crippen molar-refractivity contribution in [3.63, 3.8) is 0 Å². The van der Waals surface area contributed by atoms with Crippen LogP contribution >= 0.6 is 11.3 Å². The van der Waals surface area contributed by atoms with Gasteiger partial charge in [-0.05, 0) is 70.3 Å². The van der Waals surface area contributed by atoms with Crippen LogP contribution < -0.4 is 0 Å². The minimum Gasteiger partial charge on any atom is -0.316 e. The summed E-state index contributed by atoms with van der Waals surface area (Å²) in [6.45, 7) is 0. The van der Waals surface area contributed by atoms with Gasteiger partial charge in [0.1, 0.15) is 0 Å². The molecule has 0 radical (unpaired) electrons. The molecule has 0 aliphatic rings. The summed E-state index contributed by atoms with van der Waals surface area (Å²) in [5, 5.41) is 3.93. The van der Waals surface area contributed by atoms with Crippen molar-refractivity contribution in [2.24, 2.45) is 0 Å². The fourth-order valence-corrected chi connectivity index (χ4v) is 6.91. The van der Waals surface area contributed by atoms with E-state index in [9.17, 15) is 0 Å². The maximum atomic E-state index is 2.34. The molecule has 2 heterocycles. The third-order valence-electron chi connectivity index (χ3n) is 7.85. The van der Waals surface area contributed by atoms with E-state index in [1.807, 2.05) is 11.3 Å². The zero-order valence-electron chi connectivity index (χ0n) is 21.8. The van der Waals surface area contributed by atoms with Gasteiger partial charge in [-0.1, -0.05) is 103 Å². The fourth-order valence-electron chi connectivity index (χ4n) is 5.82. The maximum Gasteiger partial charge on any atom is 0.0535 e. The van der Waals surface area contributed by atoms with Gasteiger partial charge in [-0.15, -0.1) is 11.3 Å². The average molecular weight is 528 g/mol. The topological polar surface area (TPSA) is 4.93 Å². The van der Waals surface area contributed by atoms with Crippen LogP contribution in [0.1, 0.15) is 0 Å². The van der Waals surface area contributed by atoms with Gasteiger partial charge >= 0.3 is 0 Å². The van der Waals surface area contributed by atoms with Crippen molar-refractivity contribution < 1.29 is 0 Å². The van der Waals surface area contributed by atoms with Crippen LogP contribution in [0.25, 0.3) is 70.1 Å². The van der Waals surface area contributed by atoms with E-state index in [2.05, 4.69) is 156 Å². The molecule has 40 heavy (non-hydrogen) atoms. The van der Waals surface area contributed by atoms with Gasteiger partial charge in [0.25, 0.3) is 0 Å². The van der Waals surface area contributed by atoms with Crippen LogP contribution in [0.15, 0.2) is 152 Å². The van der Waals surface area contributed by atoms with Gasteiger partial charge in [0.2, 0.25) is 0 Å². The standard InChI is InChI=1S/C38H25NS/c1-3-9-26(10-4-1)29-17-21-36-33(23-29)35(28-11-5-2-6-12-28)25-39(36)31-19-15-27(16-20-31)30-18-22-38-34(24-30)32-13-7-8-14-37(32)40-38/h1-25H. The highest BCUT2D eigenvalue weighted by Gasteiger charge is 2.14. The fraction of sp³-hybridized carbons (Fsp3) is 0. The van der Waals surface area contributed by atoms with Crippen molar-refractivity contribution in [3.05, 3.63) is 152 Å². The Labute approximate surface area is 237 Å². The lowest BCUT2D eigenvalue weighted by atomic mass is 10.00. The van der Waals surface area contributed by atoms with Crippen LogP contribution in [0.2, 0.25) is 0 Å². The Kier molecular flexibility index (Phi) is 5.39. The zero-order valence-corrected chi connectivity index (χ0v) is 22.6. The molecule has 0 amide bonds. The number of hydrogen-bond donors (Lipinski definition) is 0. The van der Waals surface area contributed by atoms with Gasteiger partial charge in [0, 0.05) is 43.0 Å². The SMILES string of the molecule is c1ccc(-c2ccc3c(c2)c(-c2ccccc2)cn3-c2ccc(-c3ccc4sc5ccccc5c4c3)cc2)cc1. The summed E-state index contributed by atoms with van der Waals surface area (Å²) >= 11 is 1.86. The Morgan fingerprint density at radius 2 is 0.975 bits per heavy atom. The van der Waals surface area contributed by atoms with Crippen LogP contribution in [-0.4, -0.2) is 4.57 Å². The van der Waals surface area contributed by atoms with E-state index < -0.39 is 0 Å². The minimum atomic E-state index is 1.16. The lowest BCUT2D eigenvalue weighted by Gasteiger charge is -2.09. The van der Waals surface area contributed by atoms with Gasteiger partial charge in [-0.25, -0.2) is 0 Å². The second-order valence-corrected chi connectivity index (χ2v) is 11.3. The number of hydrogen-bond acceptors (Lipinski definition) is 1. The van der Waals surface area contributed by atoms with Crippen LogP contribution in [0.3, 0.4) is 0 Å². The first kappa shape index (κ1) is 23.0. The Morgan fingerprint density at radius 3 is 1.75 bits per heavy atom. The second kappa shape index (κ2) is 9.37. The molecule has 6 aromatic carbocycles. The quantitative estimate of drug-likeness (QED) is 0.214. The first-order valence-corrected chi connectivity index (χ1v) is 14.4. The molecule has 0 aliphatic carbocycles. The van der Waals surface area contributed by atoms with Gasteiger partial charge in [-0.3, -0.25) is 0 Å². The summed E-state index contributed by atoms with van der Waals surface area (Å²) < 4.78 is 5.00. The highest BCUT2D eigenvalue weighted by Crippen LogP contribution is 2.38. The lowest BCUT2D eigenvalue weighted by Crippen LogP contribution is -1.92. The van der Waals surface area contributed by atoms with Crippen molar-refractivity contribution in [1.82, 2.24) is 4.57 Å². The molecule has 0 N–H and O–H groups in total. The number of benzene rings is 6. The van der Waals surface area contributed by atoms with Crippen LogP contribution in [0, 0.1) is 0 Å².